The summed E-state index contributed by atoms with van der Waals surface area (Å²) in [5, 5.41) is 6.23. The molecule has 0 saturated heterocycles. The van der Waals surface area contributed by atoms with Gasteiger partial charge in [0.2, 0.25) is 0 Å². The van der Waals surface area contributed by atoms with Gasteiger partial charge in [-0.1, -0.05) is 0 Å². The number of alkyl halides is 2. The van der Waals surface area contributed by atoms with E-state index in [4.69, 9.17) is 0 Å². The lowest BCUT2D eigenvalue weighted by Gasteiger charge is -2.08. The summed E-state index contributed by atoms with van der Waals surface area (Å²) >= 11 is 1.34. The smallest absolute Gasteiger partial charge is 0.240 e. The first-order valence-electron chi connectivity index (χ1n) is 6.97. The molecule has 0 atom stereocenters. The van der Waals surface area contributed by atoms with Crippen LogP contribution in [0.5, 0.6) is 0 Å². The van der Waals surface area contributed by atoms with Gasteiger partial charge in [0.1, 0.15) is 16.4 Å². The van der Waals surface area contributed by atoms with Crippen molar-refractivity contribution >= 4 is 21.2 Å². The van der Waals surface area contributed by atoms with E-state index in [1.807, 2.05) is 0 Å². The molecule has 0 aliphatic rings. The molecule has 0 bridgehead atoms. The summed E-state index contributed by atoms with van der Waals surface area (Å²) in [6.45, 7) is 1.77. The van der Waals surface area contributed by atoms with E-state index in [1.54, 1.807) is 12.3 Å². The minimum atomic E-state index is -3.73. The molecule has 0 unspecified atom stereocenters. The molecule has 5 nitrogen and oxygen atoms in total. The molecule has 2 aromatic heterocycles. The number of aromatic nitrogens is 3. The summed E-state index contributed by atoms with van der Waals surface area (Å²) in [5.74, 6) is -0.977. The molecular weight excluding hydrogens is 375 g/mol. The third-order valence-corrected chi connectivity index (χ3v) is 5.30. The van der Waals surface area contributed by atoms with Gasteiger partial charge in [0, 0.05) is 17.7 Å². The van der Waals surface area contributed by atoms with Crippen molar-refractivity contribution in [2.75, 3.05) is 6.26 Å². The van der Waals surface area contributed by atoms with Crippen molar-refractivity contribution in [3.05, 3.63) is 46.2 Å². The zero-order chi connectivity index (χ0) is 18.4. The highest BCUT2D eigenvalue weighted by molar-refractivity contribution is 7.90. The van der Waals surface area contributed by atoms with Gasteiger partial charge < -0.3 is 0 Å². The highest BCUT2D eigenvalue weighted by Gasteiger charge is 2.21. The molecule has 0 fully saturated rings. The number of rotatable bonds is 4. The van der Waals surface area contributed by atoms with Crippen LogP contribution in [0.2, 0.25) is 0 Å². The summed E-state index contributed by atoms with van der Waals surface area (Å²) in [6.07, 6.45) is -1.92. The Kier molecular flexibility index (Phi) is 4.41. The van der Waals surface area contributed by atoms with E-state index in [1.165, 1.54) is 23.5 Å². The first-order chi connectivity index (χ1) is 11.7. The van der Waals surface area contributed by atoms with Crippen LogP contribution >= 0.6 is 11.3 Å². The summed E-state index contributed by atoms with van der Waals surface area (Å²) in [4.78, 5) is 3.77. The van der Waals surface area contributed by atoms with Crippen molar-refractivity contribution in [2.24, 2.45) is 0 Å². The van der Waals surface area contributed by atoms with Crippen molar-refractivity contribution in [1.29, 1.82) is 0 Å². The third kappa shape index (κ3) is 3.45. The fourth-order valence-electron chi connectivity index (χ4n) is 2.29. The summed E-state index contributed by atoms with van der Waals surface area (Å²) < 4.78 is 64.4. The minimum Gasteiger partial charge on any atom is -0.240 e. The second-order valence-electron chi connectivity index (χ2n) is 5.31. The van der Waals surface area contributed by atoms with Crippen LogP contribution in [0.15, 0.2) is 34.5 Å². The topological polar surface area (TPSA) is 64.8 Å². The molecular formula is C15H12F3N3O2S2. The van der Waals surface area contributed by atoms with E-state index in [9.17, 15) is 21.6 Å². The van der Waals surface area contributed by atoms with Crippen molar-refractivity contribution in [3.8, 4) is 17.1 Å². The van der Waals surface area contributed by atoms with Crippen LogP contribution in [-0.2, 0) is 9.84 Å². The minimum absolute atomic E-state index is 0.123. The molecule has 25 heavy (non-hydrogen) atoms. The molecule has 0 aliphatic carbocycles. The van der Waals surface area contributed by atoms with Crippen molar-refractivity contribution < 1.29 is 21.6 Å². The average Bonchev–Trinajstić information content (AvgIpc) is 3.11. The summed E-state index contributed by atoms with van der Waals surface area (Å²) in [7, 11) is -3.73. The maximum absolute atomic E-state index is 14.2. The molecule has 132 valence electrons. The monoisotopic (exact) mass is 387 g/mol. The van der Waals surface area contributed by atoms with Gasteiger partial charge in [0.25, 0.3) is 6.43 Å². The van der Waals surface area contributed by atoms with Crippen LogP contribution in [0.25, 0.3) is 17.1 Å². The number of aryl methyl sites for hydroxylation is 1. The molecule has 0 saturated carbocycles. The van der Waals surface area contributed by atoms with Crippen molar-refractivity contribution in [3.63, 3.8) is 0 Å². The molecule has 2 heterocycles. The molecule has 3 rings (SSSR count). The number of sulfone groups is 1. The van der Waals surface area contributed by atoms with E-state index in [-0.39, 0.29) is 11.4 Å². The first-order valence-corrected chi connectivity index (χ1v) is 9.74. The van der Waals surface area contributed by atoms with Gasteiger partial charge in [-0.2, -0.15) is 5.10 Å². The van der Waals surface area contributed by atoms with Gasteiger partial charge in [-0.3, -0.25) is 0 Å². The second-order valence-corrected chi connectivity index (χ2v) is 8.35. The Morgan fingerprint density at radius 3 is 2.48 bits per heavy atom. The fourth-order valence-corrected chi connectivity index (χ4v) is 3.62. The van der Waals surface area contributed by atoms with Crippen molar-refractivity contribution in [2.45, 2.75) is 18.2 Å². The number of benzene rings is 1. The van der Waals surface area contributed by atoms with Crippen LogP contribution in [0.4, 0.5) is 13.2 Å². The molecule has 0 radical (unpaired) electrons. The summed E-state index contributed by atoms with van der Waals surface area (Å²) in [5.41, 5.74) is 0.339. The molecule has 3 aromatic rings. The number of thiazole rings is 1. The van der Waals surface area contributed by atoms with Gasteiger partial charge in [-0.25, -0.2) is 31.3 Å². The Labute approximate surface area is 145 Å². The predicted octanol–water partition coefficient (Wildman–Crippen LogP) is 3.78. The predicted molar refractivity (Wildman–Crippen MR) is 87.4 cm³/mol. The fraction of sp³-hybridized carbons (Fsp3) is 0.200. The standard InChI is InChI=1S/C15H12F3N3O2S2/c1-8-19-12(7-24-8)13-6-11(15(17)18)20-21(13)9-3-4-14(10(16)5-9)25(2,22)23/h3-7,15H,1-2H3. The van der Waals surface area contributed by atoms with Gasteiger partial charge in [-0.15, -0.1) is 11.3 Å². The van der Waals surface area contributed by atoms with Gasteiger partial charge in [0.05, 0.1) is 22.1 Å². The SMILES string of the molecule is Cc1nc(-c2cc(C(F)F)nn2-c2ccc(S(C)(=O)=O)c(F)c2)cs1. The average molecular weight is 387 g/mol. The second kappa shape index (κ2) is 6.26. The van der Waals surface area contributed by atoms with Crippen LogP contribution in [-0.4, -0.2) is 29.4 Å². The maximum atomic E-state index is 14.2. The maximum Gasteiger partial charge on any atom is 0.282 e. The molecule has 0 amide bonds. The molecule has 0 N–H and O–H groups in total. The highest BCUT2D eigenvalue weighted by atomic mass is 32.2. The van der Waals surface area contributed by atoms with E-state index in [0.717, 1.165) is 28.1 Å². The lowest BCUT2D eigenvalue weighted by molar-refractivity contribution is 0.145. The Hall–Kier alpha value is -2.20. The molecule has 1 aromatic carbocycles. The summed E-state index contributed by atoms with van der Waals surface area (Å²) in [6, 6.07) is 4.52. The lowest BCUT2D eigenvalue weighted by Crippen LogP contribution is -2.05. The largest absolute Gasteiger partial charge is 0.282 e. The van der Waals surface area contributed by atoms with Crippen LogP contribution in [0.1, 0.15) is 17.1 Å². The third-order valence-electron chi connectivity index (χ3n) is 3.39. The van der Waals surface area contributed by atoms with Gasteiger partial charge in [-0.05, 0) is 25.1 Å². The molecule has 0 spiro atoms. The van der Waals surface area contributed by atoms with Gasteiger partial charge in [0.15, 0.2) is 9.84 Å². The van der Waals surface area contributed by atoms with Gasteiger partial charge >= 0.3 is 0 Å². The number of hydrogen-bond donors (Lipinski definition) is 0. The quantitative estimate of drug-likeness (QED) is 0.683. The zero-order valence-corrected chi connectivity index (χ0v) is 14.7. The highest BCUT2D eigenvalue weighted by Crippen LogP contribution is 2.29. The Morgan fingerprint density at radius 2 is 1.96 bits per heavy atom. The van der Waals surface area contributed by atoms with E-state index in [0.29, 0.717) is 5.69 Å². The Morgan fingerprint density at radius 1 is 1.24 bits per heavy atom. The molecule has 10 heteroatoms. The lowest BCUT2D eigenvalue weighted by atomic mass is 10.2. The van der Waals surface area contributed by atoms with Crippen LogP contribution in [0.3, 0.4) is 0 Å². The van der Waals surface area contributed by atoms with Crippen molar-refractivity contribution in [1.82, 2.24) is 14.8 Å². The Balaban J connectivity index is 2.18. The van der Waals surface area contributed by atoms with E-state index >= 15 is 0 Å². The van der Waals surface area contributed by atoms with E-state index in [2.05, 4.69) is 10.1 Å². The number of halogens is 3. The number of nitrogens with zero attached hydrogens (tertiary/aromatic N) is 3. The normalized spacial score (nSPS) is 12.1. The Bertz CT molecular complexity index is 1040. The van der Waals surface area contributed by atoms with E-state index < -0.39 is 32.7 Å². The zero-order valence-electron chi connectivity index (χ0n) is 13.1. The van der Waals surface area contributed by atoms with Crippen LogP contribution in [0, 0.1) is 12.7 Å². The first kappa shape index (κ1) is 17.6. The number of hydrogen-bond acceptors (Lipinski definition) is 5. The van der Waals surface area contributed by atoms with Crippen LogP contribution < -0.4 is 0 Å². The molecule has 0 aliphatic heterocycles.